The van der Waals surface area contributed by atoms with Gasteiger partial charge in [-0.15, -0.1) is 11.3 Å². The number of thiophene rings is 1. The zero-order valence-electron chi connectivity index (χ0n) is 12.1. The molecule has 2 rings (SSSR count). The summed E-state index contributed by atoms with van der Waals surface area (Å²) in [5.74, 6) is -0.162. The first-order valence-electron chi connectivity index (χ1n) is 6.77. The molecule has 4 heteroatoms. The SMILES string of the molecule is Cc1ccc(C(CN)N(C)C(C)c2ccccc2F)s1. The fourth-order valence-corrected chi connectivity index (χ4v) is 3.46. The number of aryl methyl sites for hydroxylation is 1. The van der Waals surface area contributed by atoms with E-state index in [-0.39, 0.29) is 17.9 Å². The molecule has 0 amide bonds. The van der Waals surface area contributed by atoms with Gasteiger partial charge >= 0.3 is 0 Å². The third kappa shape index (κ3) is 3.08. The van der Waals surface area contributed by atoms with Crippen LogP contribution in [-0.2, 0) is 0 Å². The predicted octanol–water partition coefficient (Wildman–Crippen LogP) is 3.89. The zero-order chi connectivity index (χ0) is 14.7. The van der Waals surface area contributed by atoms with Crippen molar-refractivity contribution in [1.29, 1.82) is 0 Å². The lowest BCUT2D eigenvalue weighted by atomic mass is 10.0. The molecule has 1 aromatic carbocycles. The van der Waals surface area contributed by atoms with Crippen LogP contribution in [0.2, 0.25) is 0 Å². The van der Waals surface area contributed by atoms with Crippen LogP contribution in [0, 0.1) is 12.7 Å². The minimum Gasteiger partial charge on any atom is -0.329 e. The lowest BCUT2D eigenvalue weighted by molar-refractivity contribution is 0.189. The molecular weight excluding hydrogens is 271 g/mol. The van der Waals surface area contributed by atoms with Gasteiger partial charge in [-0.1, -0.05) is 18.2 Å². The average Bonchev–Trinajstić information content (AvgIpc) is 2.85. The van der Waals surface area contributed by atoms with Crippen molar-refractivity contribution in [3.05, 3.63) is 57.5 Å². The molecule has 0 aliphatic carbocycles. The Morgan fingerprint density at radius 3 is 2.50 bits per heavy atom. The van der Waals surface area contributed by atoms with E-state index in [1.54, 1.807) is 17.4 Å². The number of rotatable bonds is 5. The first kappa shape index (κ1) is 15.2. The predicted molar refractivity (Wildman–Crippen MR) is 83.4 cm³/mol. The highest BCUT2D eigenvalue weighted by Gasteiger charge is 2.24. The molecule has 0 aliphatic rings. The van der Waals surface area contributed by atoms with Gasteiger partial charge in [-0.05, 0) is 39.1 Å². The lowest BCUT2D eigenvalue weighted by Gasteiger charge is -2.32. The molecular formula is C16H21FN2S. The normalized spacial score (nSPS) is 14.5. The summed E-state index contributed by atoms with van der Waals surface area (Å²) in [4.78, 5) is 4.64. The molecule has 1 heterocycles. The second kappa shape index (κ2) is 6.48. The van der Waals surface area contributed by atoms with Gasteiger partial charge in [0.25, 0.3) is 0 Å². The second-order valence-corrected chi connectivity index (χ2v) is 6.38. The molecule has 2 atom stereocenters. The van der Waals surface area contributed by atoms with E-state index in [0.29, 0.717) is 12.1 Å². The molecule has 2 aromatic rings. The highest BCUT2D eigenvalue weighted by molar-refractivity contribution is 7.12. The number of hydrogen-bond donors (Lipinski definition) is 1. The molecule has 0 saturated heterocycles. The van der Waals surface area contributed by atoms with Crippen LogP contribution in [0.25, 0.3) is 0 Å². The van der Waals surface area contributed by atoms with E-state index >= 15 is 0 Å². The van der Waals surface area contributed by atoms with E-state index in [9.17, 15) is 4.39 Å². The van der Waals surface area contributed by atoms with Crippen LogP contribution in [0.3, 0.4) is 0 Å². The van der Waals surface area contributed by atoms with Crippen LogP contribution >= 0.6 is 11.3 Å². The number of nitrogens with two attached hydrogens (primary N) is 1. The summed E-state index contributed by atoms with van der Waals surface area (Å²) in [5, 5.41) is 0. The molecule has 0 bridgehead atoms. The van der Waals surface area contributed by atoms with Gasteiger partial charge in [0.2, 0.25) is 0 Å². The van der Waals surface area contributed by atoms with Crippen molar-refractivity contribution < 1.29 is 4.39 Å². The van der Waals surface area contributed by atoms with Crippen LogP contribution < -0.4 is 5.73 Å². The summed E-state index contributed by atoms with van der Waals surface area (Å²) in [6.45, 7) is 4.62. The monoisotopic (exact) mass is 292 g/mol. The van der Waals surface area contributed by atoms with Crippen LogP contribution in [0.15, 0.2) is 36.4 Å². The number of halogens is 1. The van der Waals surface area contributed by atoms with Crippen LogP contribution in [0.4, 0.5) is 4.39 Å². The van der Waals surface area contributed by atoms with E-state index in [1.807, 2.05) is 26.1 Å². The molecule has 0 aliphatic heterocycles. The summed E-state index contributed by atoms with van der Waals surface area (Å²) in [7, 11) is 2.00. The maximum absolute atomic E-state index is 13.9. The van der Waals surface area contributed by atoms with Gasteiger partial charge in [-0.3, -0.25) is 4.90 Å². The fraction of sp³-hybridized carbons (Fsp3) is 0.375. The topological polar surface area (TPSA) is 29.3 Å². The first-order chi connectivity index (χ1) is 9.54. The van der Waals surface area contributed by atoms with Gasteiger partial charge in [0.1, 0.15) is 5.82 Å². The van der Waals surface area contributed by atoms with Gasteiger partial charge in [0, 0.05) is 27.9 Å². The Morgan fingerprint density at radius 1 is 1.25 bits per heavy atom. The van der Waals surface area contributed by atoms with Crippen molar-refractivity contribution in [3.8, 4) is 0 Å². The lowest BCUT2D eigenvalue weighted by Crippen LogP contribution is -2.32. The van der Waals surface area contributed by atoms with Crippen molar-refractivity contribution >= 4 is 11.3 Å². The van der Waals surface area contributed by atoms with E-state index in [2.05, 4.69) is 24.0 Å². The molecule has 2 unspecified atom stereocenters. The standard InChI is InChI=1S/C16H21FN2S/c1-11-8-9-16(20-11)15(10-18)19(3)12(2)13-6-4-5-7-14(13)17/h4-9,12,15H,10,18H2,1-3H3. The molecule has 0 fully saturated rings. The van der Waals surface area contributed by atoms with E-state index in [1.165, 1.54) is 15.8 Å². The Bertz CT molecular complexity index is 567. The minimum atomic E-state index is -0.162. The minimum absolute atomic E-state index is 0.0212. The van der Waals surface area contributed by atoms with Crippen molar-refractivity contribution in [2.45, 2.75) is 25.9 Å². The van der Waals surface area contributed by atoms with E-state index in [0.717, 1.165) is 0 Å². The van der Waals surface area contributed by atoms with Crippen molar-refractivity contribution in [2.24, 2.45) is 5.73 Å². The van der Waals surface area contributed by atoms with Gasteiger partial charge in [-0.2, -0.15) is 0 Å². The first-order valence-corrected chi connectivity index (χ1v) is 7.59. The Balaban J connectivity index is 2.24. The molecule has 0 saturated carbocycles. The Labute approximate surface area is 124 Å². The number of likely N-dealkylation sites (N-methyl/N-ethyl adjacent to an activating group) is 1. The molecule has 0 spiro atoms. The number of benzene rings is 1. The van der Waals surface area contributed by atoms with E-state index < -0.39 is 0 Å². The summed E-state index contributed by atoms with van der Waals surface area (Å²) in [6, 6.07) is 11.2. The molecule has 20 heavy (non-hydrogen) atoms. The summed E-state index contributed by atoms with van der Waals surface area (Å²) < 4.78 is 13.9. The van der Waals surface area contributed by atoms with Gasteiger partial charge in [0.05, 0.1) is 6.04 Å². The molecule has 1 aromatic heterocycles. The summed E-state index contributed by atoms with van der Waals surface area (Å²) >= 11 is 1.75. The zero-order valence-corrected chi connectivity index (χ0v) is 13.0. The summed E-state index contributed by atoms with van der Waals surface area (Å²) in [5.41, 5.74) is 6.65. The number of hydrogen-bond acceptors (Lipinski definition) is 3. The Hall–Kier alpha value is -1.23. The quantitative estimate of drug-likeness (QED) is 0.906. The van der Waals surface area contributed by atoms with Crippen LogP contribution in [-0.4, -0.2) is 18.5 Å². The molecule has 0 radical (unpaired) electrons. The third-order valence-corrected chi connectivity index (χ3v) is 4.87. The van der Waals surface area contributed by atoms with E-state index in [4.69, 9.17) is 5.73 Å². The maximum Gasteiger partial charge on any atom is 0.127 e. The number of nitrogens with zero attached hydrogens (tertiary/aromatic N) is 1. The Kier molecular flexibility index (Phi) is 4.91. The second-order valence-electron chi connectivity index (χ2n) is 5.06. The maximum atomic E-state index is 13.9. The van der Waals surface area contributed by atoms with Gasteiger partial charge < -0.3 is 5.73 Å². The van der Waals surface area contributed by atoms with Crippen LogP contribution in [0.1, 0.15) is 34.3 Å². The molecule has 108 valence electrons. The van der Waals surface area contributed by atoms with Crippen molar-refractivity contribution in [2.75, 3.05) is 13.6 Å². The molecule has 2 N–H and O–H groups in total. The smallest absolute Gasteiger partial charge is 0.127 e. The third-order valence-electron chi connectivity index (χ3n) is 3.77. The highest BCUT2D eigenvalue weighted by atomic mass is 32.1. The van der Waals surface area contributed by atoms with Gasteiger partial charge in [-0.25, -0.2) is 4.39 Å². The fourth-order valence-electron chi connectivity index (χ4n) is 2.42. The van der Waals surface area contributed by atoms with Crippen molar-refractivity contribution in [1.82, 2.24) is 4.90 Å². The highest BCUT2D eigenvalue weighted by Crippen LogP contribution is 2.32. The van der Waals surface area contributed by atoms with Crippen molar-refractivity contribution in [3.63, 3.8) is 0 Å². The van der Waals surface area contributed by atoms with Crippen LogP contribution in [0.5, 0.6) is 0 Å². The largest absolute Gasteiger partial charge is 0.329 e. The summed E-state index contributed by atoms with van der Waals surface area (Å²) in [6.07, 6.45) is 0. The van der Waals surface area contributed by atoms with Gasteiger partial charge in [0.15, 0.2) is 0 Å². The molecule has 2 nitrogen and oxygen atoms in total. The average molecular weight is 292 g/mol. The Morgan fingerprint density at radius 2 is 1.95 bits per heavy atom.